The summed E-state index contributed by atoms with van der Waals surface area (Å²) >= 11 is 6.82. The van der Waals surface area contributed by atoms with Crippen LogP contribution in [0.5, 0.6) is 5.75 Å². The first-order valence-electron chi connectivity index (χ1n) is 10.6. The van der Waals surface area contributed by atoms with E-state index in [9.17, 15) is 8.42 Å². The van der Waals surface area contributed by atoms with E-state index >= 15 is 0 Å². The van der Waals surface area contributed by atoms with Gasteiger partial charge >= 0.3 is 0 Å². The van der Waals surface area contributed by atoms with Crippen molar-refractivity contribution in [3.05, 3.63) is 51.4 Å². The van der Waals surface area contributed by atoms with Gasteiger partial charge < -0.3 is 10.1 Å². The molecule has 2 rings (SSSR count). The van der Waals surface area contributed by atoms with Gasteiger partial charge in [-0.1, -0.05) is 57.7 Å². The molecule has 0 spiro atoms. The third-order valence-corrected chi connectivity index (χ3v) is 8.43. The van der Waals surface area contributed by atoms with Gasteiger partial charge in [0.05, 0.1) is 22.0 Å². The van der Waals surface area contributed by atoms with Crippen LogP contribution in [0, 0.1) is 0 Å². The number of anilines is 1. The third kappa shape index (κ3) is 7.48. The van der Waals surface area contributed by atoms with E-state index in [-0.39, 0.29) is 4.90 Å². The van der Waals surface area contributed by atoms with Crippen molar-refractivity contribution in [2.24, 2.45) is 0 Å². The van der Waals surface area contributed by atoms with E-state index in [1.165, 1.54) is 7.11 Å². The number of halogens is 2. The van der Waals surface area contributed by atoms with E-state index in [1.54, 1.807) is 12.1 Å². The minimum atomic E-state index is -3.80. The average molecular weight is 576 g/mol. The molecule has 0 atom stereocenters. The van der Waals surface area contributed by atoms with Gasteiger partial charge in [-0.15, -0.1) is 0 Å². The molecular weight excluding hydrogens is 544 g/mol. The lowest BCUT2D eigenvalue weighted by Crippen LogP contribution is -2.53. The highest BCUT2D eigenvalue weighted by molar-refractivity contribution is 9.11. The Morgan fingerprint density at radius 3 is 2.13 bits per heavy atom. The molecule has 2 N–H and O–H groups in total. The fourth-order valence-electron chi connectivity index (χ4n) is 3.51. The van der Waals surface area contributed by atoms with Crippen molar-refractivity contribution < 1.29 is 13.2 Å². The summed E-state index contributed by atoms with van der Waals surface area (Å²) in [7, 11) is -2.28. The molecule has 172 valence electrons. The Labute approximate surface area is 203 Å². The zero-order chi connectivity index (χ0) is 22.9. The number of hydrogen-bond acceptors (Lipinski definition) is 4. The van der Waals surface area contributed by atoms with Gasteiger partial charge in [0, 0.05) is 22.8 Å². The summed E-state index contributed by atoms with van der Waals surface area (Å²) in [5.74, 6) is 0.471. The highest BCUT2D eigenvalue weighted by atomic mass is 79.9. The predicted octanol–water partition coefficient (Wildman–Crippen LogP) is 6.73. The number of benzene rings is 2. The summed E-state index contributed by atoms with van der Waals surface area (Å²) in [6.07, 6.45) is 5.39. The number of ether oxygens (including phenoxy) is 1. The van der Waals surface area contributed by atoms with E-state index in [0.717, 1.165) is 44.2 Å². The SMILES string of the molecule is CCCCC(CCCC)(CNc1ccccc1)NS(=O)(=O)c1cc(OC)c(Br)cc1Br. The van der Waals surface area contributed by atoms with Crippen LogP contribution in [0.1, 0.15) is 52.4 Å². The van der Waals surface area contributed by atoms with Crippen LogP contribution in [0.3, 0.4) is 0 Å². The summed E-state index contributed by atoms with van der Waals surface area (Å²) < 4.78 is 36.7. The van der Waals surface area contributed by atoms with E-state index in [4.69, 9.17) is 4.74 Å². The van der Waals surface area contributed by atoms with Gasteiger partial charge in [-0.25, -0.2) is 13.1 Å². The Morgan fingerprint density at radius 2 is 1.58 bits per heavy atom. The van der Waals surface area contributed by atoms with Crippen LogP contribution in [-0.2, 0) is 10.0 Å². The maximum atomic E-state index is 13.5. The summed E-state index contributed by atoms with van der Waals surface area (Å²) in [6, 6.07) is 13.1. The molecule has 2 aromatic carbocycles. The number of unbranched alkanes of at least 4 members (excludes halogenated alkanes) is 2. The van der Waals surface area contributed by atoms with E-state index < -0.39 is 15.6 Å². The normalized spacial score (nSPS) is 12.0. The Bertz CT molecular complexity index is 929. The average Bonchev–Trinajstić information content (AvgIpc) is 2.75. The Kier molecular flexibility index (Phi) is 10.3. The Morgan fingerprint density at radius 1 is 0.968 bits per heavy atom. The smallest absolute Gasteiger partial charge is 0.242 e. The highest BCUT2D eigenvalue weighted by Crippen LogP contribution is 2.35. The second kappa shape index (κ2) is 12.2. The van der Waals surface area contributed by atoms with Gasteiger partial charge in [-0.2, -0.15) is 0 Å². The van der Waals surface area contributed by atoms with E-state index in [1.807, 2.05) is 30.3 Å². The molecule has 0 fully saturated rings. The molecule has 0 heterocycles. The molecule has 0 aromatic heterocycles. The Balaban J connectivity index is 2.41. The van der Waals surface area contributed by atoms with Gasteiger partial charge in [0.1, 0.15) is 5.75 Å². The van der Waals surface area contributed by atoms with Crippen LogP contribution in [0.15, 0.2) is 56.3 Å². The van der Waals surface area contributed by atoms with Gasteiger partial charge in [0.15, 0.2) is 0 Å². The molecular formula is C23H32Br2N2O3S. The molecule has 2 aromatic rings. The van der Waals surface area contributed by atoms with Crippen LogP contribution in [0.2, 0.25) is 0 Å². The molecule has 0 aliphatic rings. The number of rotatable bonds is 13. The summed E-state index contributed by atoms with van der Waals surface area (Å²) in [4.78, 5) is 0.171. The topological polar surface area (TPSA) is 67.4 Å². The Hall–Kier alpha value is -1.09. The lowest BCUT2D eigenvalue weighted by molar-refractivity contribution is 0.326. The van der Waals surface area contributed by atoms with Gasteiger partial charge in [-0.3, -0.25) is 0 Å². The van der Waals surface area contributed by atoms with Crippen LogP contribution in [-0.4, -0.2) is 27.6 Å². The largest absolute Gasteiger partial charge is 0.496 e. The molecule has 0 aliphatic heterocycles. The van der Waals surface area contributed by atoms with Crippen molar-refractivity contribution in [1.82, 2.24) is 4.72 Å². The fourth-order valence-corrected chi connectivity index (χ4v) is 6.84. The van der Waals surface area contributed by atoms with E-state index in [0.29, 0.717) is 21.2 Å². The van der Waals surface area contributed by atoms with Crippen molar-refractivity contribution in [3.63, 3.8) is 0 Å². The lowest BCUT2D eigenvalue weighted by Gasteiger charge is -2.35. The summed E-state index contributed by atoms with van der Waals surface area (Å²) in [5, 5.41) is 3.45. The molecule has 31 heavy (non-hydrogen) atoms. The lowest BCUT2D eigenvalue weighted by atomic mass is 9.88. The third-order valence-electron chi connectivity index (χ3n) is 5.27. The van der Waals surface area contributed by atoms with Crippen LogP contribution >= 0.6 is 31.9 Å². The molecule has 0 amide bonds. The number of sulfonamides is 1. The molecule has 5 nitrogen and oxygen atoms in total. The summed E-state index contributed by atoms with van der Waals surface area (Å²) in [6.45, 7) is 4.77. The second-order valence-corrected chi connectivity index (χ2v) is 11.1. The maximum absolute atomic E-state index is 13.5. The zero-order valence-electron chi connectivity index (χ0n) is 18.4. The first-order chi connectivity index (χ1) is 14.8. The first kappa shape index (κ1) is 26.2. The van der Waals surface area contributed by atoms with Crippen molar-refractivity contribution in [2.75, 3.05) is 19.0 Å². The number of hydrogen-bond donors (Lipinski definition) is 2. The van der Waals surface area contributed by atoms with E-state index in [2.05, 4.69) is 55.7 Å². The number of methoxy groups -OCH3 is 1. The predicted molar refractivity (Wildman–Crippen MR) is 135 cm³/mol. The number of nitrogens with one attached hydrogen (secondary N) is 2. The highest BCUT2D eigenvalue weighted by Gasteiger charge is 2.35. The van der Waals surface area contributed by atoms with Gasteiger partial charge in [-0.05, 0) is 62.9 Å². The first-order valence-corrected chi connectivity index (χ1v) is 13.7. The van der Waals surface area contributed by atoms with Crippen molar-refractivity contribution in [2.45, 2.75) is 62.8 Å². The maximum Gasteiger partial charge on any atom is 0.242 e. The molecule has 0 unspecified atom stereocenters. The fraction of sp³-hybridized carbons (Fsp3) is 0.478. The van der Waals surface area contributed by atoms with Crippen molar-refractivity contribution in [3.8, 4) is 5.75 Å². The second-order valence-electron chi connectivity index (χ2n) is 7.73. The number of para-hydroxylation sites is 1. The van der Waals surface area contributed by atoms with Gasteiger partial charge in [0.25, 0.3) is 0 Å². The zero-order valence-corrected chi connectivity index (χ0v) is 22.4. The van der Waals surface area contributed by atoms with Crippen LogP contribution in [0.25, 0.3) is 0 Å². The monoisotopic (exact) mass is 574 g/mol. The minimum Gasteiger partial charge on any atom is -0.496 e. The van der Waals surface area contributed by atoms with Crippen LogP contribution < -0.4 is 14.8 Å². The molecule has 0 aliphatic carbocycles. The van der Waals surface area contributed by atoms with Crippen LogP contribution in [0.4, 0.5) is 5.69 Å². The standard InChI is InChI=1S/C23H32Br2N2O3S/c1-4-6-13-23(14-7-5-2,17-26-18-11-9-8-10-12-18)27-31(28,29)22-16-21(30-3)19(24)15-20(22)25/h8-12,15-16,26-27H,4-7,13-14,17H2,1-3H3. The van der Waals surface area contributed by atoms with Gasteiger partial charge in [0.2, 0.25) is 10.0 Å². The molecule has 0 saturated carbocycles. The molecule has 0 bridgehead atoms. The van der Waals surface area contributed by atoms with Crippen molar-refractivity contribution in [1.29, 1.82) is 0 Å². The summed E-state index contributed by atoms with van der Waals surface area (Å²) in [5.41, 5.74) is 0.381. The molecule has 0 radical (unpaired) electrons. The minimum absolute atomic E-state index is 0.171. The quantitative estimate of drug-likeness (QED) is 0.278. The molecule has 8 heteroatoms. The van der Waals surface area contributed by atoms with Crippen molar-refractivity contribution >= 4 is 47.6 Å². The molecule has 0 saturated heterocycles.